The van der Waals surface area contributed by atoms with Crippen LogP contribution in [0.5, 0.6) is 5.75 Å². The fourth-order valence-corrected chi connectivity index (χ4v) is 2.14. The predicted molar refractivity (Wildman–Crippen MR) is 72.2 cm³/mol. The number of amides is 1. The van der Waals surface area contributed by atoms with Crippen LogP contribution in [-0.4, -0.2) is 36.8 Å². The third-order valence-electron chi connectivity index (χ3n) is 3.16. The maximum Gasteiger partial charge on any atom is 0.335 e. The minimum Gasteiger partial charge on any atom is -0.495 e. The molecule has 108 valence electrons. The Kier molecular flexibility index (Phi) is 4.57. The van der Waals surface area contributed by atoms with Gasteiger partial charge in [-0.15, -0.1) is 0 Å². The van der Waals surface area contributed by atoms with Crippen molar-refractivity contribution in [2.45, 2.75) is 25.4 Å². The second-order valence-corrected chi connectivity index (χ2v) is 4.61. The Morgan fingerprint density at radius 3 is 2.90 bits per heavy atom. The molecule has 0 bridgehead atoms. The van der Waals surface area contributed by atoms with Gasteiger partial charge in [0, 0.05) is 6.61 Å². The highest BCUT2D eigenvalue weighted by Gasteiger charge is 2.20. The summed E-state index contributed by atoms with van der Waals surface area (Å²) in [7, 11) is 1.43. The molecule has 1 saturated heterocycles. The molecule has 6 nitrogen and oxygen atoms in total. The van der Waals surface area contributed by atoms with E-state index < -0.39 is 5.97 Å². The lowest BCUT2D eigenvalue weighted by molar-refractivity contribution is -0.118. The molecule has 0 aromatic heterocycles. The highest BCUT2D eigenvalue weighted by Crippen LogP contribution is 2.26. The van der Waals surface area contributed by atoms with E-state index >= 15 is 0 Å². The summed E-state index contributed by atoms with van der Waals surface area (Å²) in [6.07, 6.45) is 2.14. The molecule has 1 aliphatic heterocycles. The van der Waals surface area contributed by atoms with E-state index in [9.17, 15) is 9.59 Å². The first-order chi connectivity index (χ1) is 9.60. The van der Waals surface area contributed by atoms with Gasteiger partial charge in [-0.25, -0.2) is 4.79 Å². The van der Waals surface area contributed by atoms with Gasteiger partial charge in [0.15, 0.2) is 0 Å². The zero-order valence-electron chi connectivity index (χ0n) is 11.2. The molecular weight excluding hydrogens is 262 g/mol. The molecule has 1 fully saturated rings. The van der Waals surface area contributed by atoms with Gasteiger partial charge in [0.05, 0.1) is 30.9 Å². The number of carboxylic acid groups (broad SMARTS) is 1. The Bertz CT molecular complexity index is 508. The number of hydrogen-bond acceptors (Lipinski definition) is 4. The summed E-state index contributed by atoms with van der Waals surface area (Å²) in [5, 5.41) is 11.6. The normalized spacial score (nSPS) is 17.8. The molecule has 0 aliphatic carbocycles. The molecule has 0 radical (unpaired) electrons. The van der Waals surface area contributed by atoms with Gasteiger partial charge in [0.1, 0.15) is 5.75 Å². The molecule has 1 unspecified atom stereocenters. The number of rotatable bonds is 5. The SMILES string of the molecule is COc1cc(C(=O)O)ccc1NC(=O)CC1CCCO1. The monoisotopic (exact) mass is 279 g/mol. The van der Waals surface area contributed by atoms with E-state index in [0.29, 0.717) is 24.5 Å². The minimum atomic E-state index is -1.04. The summed E-state index contributed by atoms with van der Waals surface area (Å²) in [6, 6.07) is 4.33. The first-order valence-electron chi connectivity index (χ1n) is 6.43. The second-order valence-electron chi connectivity index (χ2n) is 4.61. The number of methoxy groups -OCH3 is 1. The molecule has 1 aromatic carbocycles. The molecule has 1 atom stereocenters. The van der Waals surface area contributed by atoms with E-state index in [1.807, 2.05) is 0 Å². The van der Waals surface area contributed by atoms with E-state index in [-0.39, 0.29) is 17.6 Å². The standard InChI is InChI=1S/C14H17NO5/c1-19-12-7-9(14(17)18)4-5-11(12)15-13(16)8-10-3-2-6-20-10/h4-5,7,10H,2-3,6,8H2,1H3,(H,15,16)(H,17,18). The number of ether oxygens (including phenoxy) is 2. The van der Waals surface area contributed by atoms with Crippen molar-refractivity contribution in [2.24, 2.45) is 0 Å². The molecule has 2 rings (SSSR count). The number of carboxylic acids is 1. The lowest BCUT2D eigenvalue weighted by Gasteiger charge is -2.13. The van der Waals surface area contributed by atoms with Crippen LogP contribution >= 0.6 is 0 Å². The average Bonchev–Trinajstić information content (AvgIpc) is 2.91. The van der Waals surface area contributed by atoms with Crippen molar-refractivity contribution in [1.29, 1.82) is 0 Å². The van der Waals surface area contributed by atoms with Gasteiger partial charge in [0.25, 0.3) is 0 Å². The number of carbonyl (C=O) groups is 2. The molecule has 0 spiro atoms. The number of hydrogen-bond donors (Lipinski definition) is 2. The first kappa shape index (κ1) is 14.3. The van der Waals surface area contributed by atoms with Crippen molar-refractivity contribution in [3.63, 3.8) is 0 Å². The average molecular weight is 279 g/mol. The smallest absolute Gasteiger partial charge is 0.335 e. The fourth-order valence-electron chi connectivity index (χ4n) is 2.14. The van der Waals surface area contributed by atoms with E-state index in [1.54, 1.807) is 0 Å². The van der Waals surface area contributed by atoms with Gasteiger partial charge in [-0.2, -0.15) is 0 Å². The van der Waals surface area contributed by atoms with Crippen LogP contribution in [0.1, 0.15) is 29.6 Å². The Morgan fingerprint density at radius 1 is 1.50 bits per heavy atom. The summed E-state index contributed by atoms with van der Waals surface area (Å²) in [5.74, 6) is -0.885. The first-order valence-corrected chi connectivity index (χ1v) is 6.43. The van der Waals surface area contributed by atoms with Gasteiger partial charge in [-0.3, -0.25) is 4.79 Å². The number of anilines is 1. The van der Waals surface area contributed by atoms with Gasteiger partial charge >= 0.3 is 5.97 Å². The van der Waals surface area contributed by atoms with Gasteiger partial charge in [0.2, 0.25) is 5.91 Å². The second kappa shape index (κ2) is 6.38. The van der Waals surface area contributed by atoms with Gasteiger partial charge in [-0.05, 0) is 31.0 Å². The third-order valence-corrected chi connectivity index (χ3v) is 3.16. The lowest BCUT2D eigenvalue weighted by Crippen LogP contribution is -2.19. The number of nitrogens with one attached hydrogen (secondary N) is 1. The summed E-state index contributed by atoms with van der Waals surface area (Å²) in [4.78, 5) is 22.8. The molecule has 6 heteroatoms. The zero-order valence-corrected chi connectivity index (χ0v) is 11.2. The molecule has 1 amide bonds. The van der Waals surface area contributed by atoms with Crippen LogP contribution < -0.4 is 10.1 Å². The lowest BCUT2D eigenvalue weighted by atomic mass is 10.1. The molecule has 0 saturated carbocycles. The number of benzene rings is 1. The van der Waals surface area contributed by atoms with Crippen LogP contribution in [0, 0.1) is 0 Å². The van der Waals surface area contributed by atoms with Gasteiger partial charge in [-0.1, -0.05) is 0 Å². The topological polar surface area (TPSA) is 84.9 Å². The summed E-state index contributed by atoms with van der Waals surface area (Å²) >= 11 is 0. The van der Waals surface area contributed by atoms with Crippen LogP contribution in [0.15, 0.2) is 18.2 Å². The van der Waals surface area contributed by atoms with Crippen LogP contribution in [0.4, 0.5) is 5.69 Å². The fraction of sp³-hybridized carbons (Fsp3) is 0.429. The number of aromatic carboxylic acids is 1. The van der Waals surface area contributed by atoms with Crippen molar-refractivity contribution in [1.82, 2.24) is 0 Å². The predicted octanol–water partition coefficient (Wildman–Crippen LogP) is 1.90. The maximum absolute atomic E-state index is 11.9. The largest absolute Gasteiger partial charge is 0.495 e. The van der Waals surface area contributed by atoms with Crippen molar-refractivity contribution >= 4 is 17.6 Å². The van der Waals surface area contributed by atoms with Gasteiger partial charge < -0.3 is 19.9 Å². The molecule has 1 heterocycles. The van der Waals surface area contributed by atoms with E-state index in [0.717, 1.165) is 12.8 Å². The maximum atomic E-state index is 11.9. The van der Waals surface area contributed by atoms with Crippen LogP contribution in [0.3, 0.4) is 0 Å². The number of carbonyl (C=O) groups excluding carboxylic acids is 1. The quantitative estimate of drug-likeness (QED) is 0.860. The molecular formula is C14H17NO5. The Balaban J connectivity index is 2.04. The molecule has 2 N–H and O–H groups in total. The van der Waals surface area contributed by atoms with E-state index in [2.05, 4.69) is 5.32 Å². The third kappa shape index (κ3) is 3.48. The summed E-state index contributed by atoms with van der Waals surface area (Å²) in [6.45, 7) is 0.703. The van der Waals surface area contributed by atoms with Crippen molar-refractivity contribution in [3.05, 3.63) is 23.8 Å². The van der Waals surface area contributed by atoms with Crippen LogP contribution in [-0.2, 0) is 9.53 Å². The van der Waals surface area contributed by atoms with Crippen molar-refractivity contribution in [3.8, 4) is 5.75 Å². The van der Waals surface area contributed by atoms with Crippen LogP contribution in [0.2, 0.25) is 0 Å². The highest BCUT2D eigenvalue weighted by atomic mass is 16.5. The minimum absolute atomic E-state index is 0.0284. The Labute approximate surface area is 116 Å². The summed E-state index contributed by atoms with van der Waals surface area (Å²) < 4.78 is 10.5. The highest BCUT2D eigenvalue weighted by molar-refractivity contribution is 5.94. The van der Waals surface area contributed by atoms with E-state index in [1.165, 1.54) is 25.3 Å². The molecule has 20 heavy (non-hydrogen) atoms. The molecule has 1 aromatic rings. The Hall–Kier alpha value is -2.08. The Morgan fingerprint density at radius 2 is 2.30 bits per heavy atom. The van der Waals surface area contributed by atoms with Crippen molar-refractivity contribution < 1.29 is 24.2 Å². The van der Waals surface area contributed by atoms with E-state index in [4.69, 9.17) is 14.6 Å². The summed E-state index contributed by atoms with van der Waals surface area (Å²) in [5.41, 5.74) is 0.569. The van der Waals surface area contributed by atoms with Crippen LogP contribution in [0.25, 0.3) is 0 Å². The molecule has 1 aliphatic rings. The van der Waals surface area contributed by atoms with Crippen molar-refractivity contribution in [2.75, 3.05) is 19.0 Å². The zero-order chi connectivity index (χ0) is 14.5.